The molecule has 0 unspecified atom stereocenters. The van der Waals surface area contributed by atoms with Gasteiger partial charge in [0.1, 0.15) is 17.3 Å². The predicted octanol–water partition coefficient (Wildman–Crippen LogP) is 6.53. The molecular formula is C26H21F3IN5O3. The van der Waals surface area contributed by atoms with E-state index in [0.29, 0.717) is 35.9 Å². The number of nitrogens with zero attached hydrogens (tertiary/aromatic N) is 3. The summed E-state index contributed by atoms with van der Waals surface area (Å²) in [5.74, 6) is 1.76. The van der Waals surface area contributed by atoms with Gasteiger partial charge < -0.3 is 25.0 Å². The molecule has 0 spiro atoms. The van der Waals surface area contributed by atoms with Crippen molar-refractivity contribution in [1.82, 2.24) is 9.97 Å². The lowest BCUT2D eigenvalue weighted by Gasteiger charge is -2.27. The van der Waals surface area contributed by atoms with Gasteiger partial charge >= 0.3 is 12.2 Å². The highest BCUT2D eigenvalue weighted by atomic mass is 127. The molecule has 8 nitrogen and oxygen atoms in total. The second kappa shape index (κ2) is 11.0. The molecule has 4 aromatic rings. The van der Waals surface area contributed by atoms with E-state index in [2.05, 4.69) is 43.1 Å². The van der Waals surface area contributed by atoms with Crippen molar-refractivity contribution in [3.63, 3.8) is 0 Å². The van der Waals surface area contributed by atoms with Crippen LogP contribution in [0.15, 0.2) is 66.9 Å². The normalized spacial score (nSPS) is 13.8. The number of alkyl halides is 3. The number of anilines is 3. The summed E-state index contributed by atoms with van der Waals surface area (Å²) in [7, 11) is 0. The molecule has 0 radical (unpaired) electrons. The van der Waals surface area contributed by atoms with E-state index in [4.69, 9.17) is 14.5 Å². The SMILES string of the molecule is O=C(Nc1cc(I)cc(Oc2ccc3ncc(N4CCOCC4)nc3c2)c1)Nc1cccc(C(F)(F)F)c1. The molecule has 1 aliphatic rings. The summed E-state index contributed by atoms with van der Waals surface area (Å²) in [6.07, 6.45) is -2.76. The van der Waals surface area contributed by atoms with E-state index in [1.54, 1.807) is 36.5 Å². The number of morpholine rings is 1. The molecule has 12 heteroatoms. The van der Waals surface area contributed by atoms with Gasteiger partial charge in [-0.25, -0.2) is 9.78 Å². The van der Waals surface area contributed by atoms with Crippen LogP contribution in [0.1, 0.15) is 5.56 Å². The Bertz CT molecular complexity index is 1480. The third-order valence-corrected chi connectivity index (χ3v) is 6.27. The molecule has 2 heterocycles. The lowest BCUT2D eigenvalue weighted by atomic mass is 10.2. The van der Waals surface area contributed by atoms with Gasteiger partial charge in [-0.2, -0.15) is 13.2 Å². The largest absolute Gasteiger partial charge is 0.457 e. The molecule has 0 saturated carbocycles. The zero-order chi connectivity index (χ0) is 26.7. The number of aromatic nitrogens is 2. The average molecular weight is 635 g/mol. The molecule has 5 rings (SSSR count). The molecule has 196 valence electrons. The number of hydrogen-bond donors (Lipinski definition) is 2. The maximum absolute atomic E-state index is 13.0. The third-order valence-electron chi connectivity index (χ3n) is 5.65. The van der Waals surface area contributed by atoms with Crippen molar-refractivity contribution in [3.8, 4) is 11.5 Å². The summed E-state index contributed by atoms with van der Waals surface area (Å²) in [4.78, 5) is 23.8. The summed E-state index contributed by atoms with van der Waals surface area (Å²) in [6.45, 7) is 2.78. The molecule has 2 N–H and O–H groups in total. The van der Waals surface area contributed by atoms with Gasteiger partial charge in [-0.15, -0.1) is 0 Å². The van der Waals surface area contributed by atoms with Crippen molar-refractivity contribution < 1.29 is 27.4 Å². The Hall–Kier alpha value is -3.65. The molecule has 1 fully saturated rings. The quantitative estimate of drug-likeness (QED) is 0.243. The van der Waals surface area contributed by atoms with E-state index < -0.39 is 17.8 Å². The van der Waals surface area contributed by atoms with Crippen LogP contribution < -0.4 is 20.3 Å². The number of rotatable bonds is 5. The van der Waals surface area contributed by atoms with Crippen LogP contribution in [0.5, 0.6) is 11.5 Å². The first kappa shape index (κ1) is 26.0. The summed E-state index contributed by atoms with van der Waals surface area (Å²) in [6, 6.07) is 14.2. The van der Waals surface area contributed by atoms with Gasteiger partial charge in [-0.3, -0.25) is 4.98 Å². The van der Waals surface area contributed by atoms with Crippen molar-refractivity contribution >= 4 is 56.8 Å². The number of amides is 2. The number of carbonyl (C=O) groups excluding carboxylic acids is 1. The summed E-state index contributed by atoms with van der Waals surface area (Å²) >= 11 is 2.09. The summed E-state index contributed by atoms with van der Waals surface area (Å²) in [5.41, 5.74) is 0.985. The number of urea groups is 1. The molecule has 1 aromatic heterocycles. The van der Waals surface area contributed by atoms with Crippen molar-refractivity contribution in [2.24, 2.45) is 0 Å². The summed E-state index contributed by atoms with van der Waals surface area (Å²) < 4.78 is 51.1. The number of halogens is 4. The second-order valence-corrected chi connectivity index (χ2v) is 9.66. The van der Waals surface area contributed by atoms with E-state index in [1.807, 2.05) is 6.07 Å². The Labute approximate surface area is 229 Å². The van der Waals surface area contributed by atoms with Crippen LogP contribution in [0.2, 0.25) is 0 Å². The molecule has 1 saturated heterocycles. The van der Waals surface area contributed by atoms with Gasteiger partial charge in [-0.05, 0) is 65.1 Å². The molecule has 2 amide bonds. The minimum atomic E-state index is -4.51. The molecular weight excluding hydrogens is 614 g/mol. The molecule has 0 aliphatic carbocycles. The number of carbonyl (C=O) groups is 1. The highest BCUT2D eigenvalue weighted by Gasteiger charge is 2.30. The Balaban J connectivity index is 1.30. The van der Waals surface area contributed by atoms with Gasteiger partial charge in [0.2, 0.25) is 0 Å². The predicted molar refractivity (Wildman–Crippen MR) is 146 cm³/mol. The fraction of sp³-hybridized carbons (Fsp3) is 0.192. The van der Waals surface area contributed by atoms with Crippen LogP contribution in [0.4, 0.5) is 35.2 Å². The summed E-state index contributed by atoms with van der Waals surface area (Å²) in [5, 5.41) is 5.06. The van der Waals surface area contributed by atoms with Crippen LogP contribution in [-0.2, 0) is 10.9 Å². The maximum atomic E-state index is 13.0. The minimum absolute atomic E-state index is 0.0214. The van der Waals surface area contributed by atoms with Gasteiger partial charge in [0.05, 0.1) is 36.0 Å². The standard InChI is InChI=1S/C26H21F3IN5O3/c27-26(28,29)16-2-1-3-18(10-16)32-25(36)33-19-11-17(30)12-21(13-19)38-20-4-5-22-23(14-20)34-24(15-31-22)35-6-8-37-9-7-35/h1-5,10-15H,6-9H2,(H2,32,33,36). The Kier molecular flexibility index (Phi) is 7.51. The number of fused-ring (bicyclic) bond motifs is 1. The number of benzene rings is 3. The Morgan fingerprint density at radius 3 is 2.53 bits per heavy atom. The highest BCUT2D eigenvalue weighted by molar-refractivity contribution is 14.1. The van der Waals surface area contributed by atoms with Crippen LogP contribution in [0, 0.1) is 3.57 Å². The zero-order valence-corrected chi connectivity index (χ0v) is 21.9. The van der Waals surface area contributed by atoms with Crippen molar-refractivity contribution in [2.45, 2.75) is 6.18 Å². The van der Waals surface area contributed by atoms with Crippen LogP contribution in [0.3, 0.4) is 0 Å². The van der Waals surface area contributed by atoms with E-state index in [-0.39, 0.29) is 5.69 Å². The molecule has 0 bridgehead atoms. The maximum Gasteiger partial charge on any atom is 0.416 e. The van der Waals surface area contributed by atoms with Crippen LogP contribution in [0.25, 0.3) is 11.0 Å². The smallest absolute Gasteiger partial charge is 0.416 e. The van der Waals surface area contributed by atoms with Gasteiger partial charge in [0.15, 0.2) is 0 Å². The molecule has 1 aliphatic heterocycles. The van der Waals surface area contributed by atoms with Crippen LogP contribution >= 0.6 is 22.6 Å². The average Bonchev–Trinajstić information content (AvgIpc) is 2.88. The number of nitrogens with one attached hydrogen (secondary N) is 2. The Morgan fingerprint density at radius 1 is 0.947 bits per heavy atom. The first-order valence-corrected chi connectivity index (χ1v) is 12.6. The fourth-order valence-corrected chi connectivity index (χ4v) is 4.53. The van der Waals surface area contributed by atoms with Crippen molar-refractivity contribution in [1.29, 1.82) is 0 Å². The lowest BCUT2D eigenvalue weighted by Crippen LogP contribution is -2.36. The van der Waals surface area contributed by atoms with Gasteiger partial charge in [0, 0.05) is 40.2 Å². The zero-order valence-electron chi connectivity index (χ0n) is 19.8. The molecule has 3 aromatic carbocycles. The van der Waals surface area contributed by atoms with Gasteiger partial charge in [0.25, 0.3) is 0 Å². The third kappa shape index (κ3) is 6.42. The number of ether oxygens (including phenoxy) is 2. The Morgan fingerprint density at radius 2 is 1.74 bits per heavy atom. The van der Waals surface area contributed by atoms with E-state index in [0.717, 1.165) is 40.1 Å². The van der Waals surface area contributed by atoms with Crippen LogP contribution in [-0.4, -0.2) is 42.3 Å². The first-order chi connectivity index (χ1) is 18.2. The van der Waals surface area contributed by atoms with Crippen molar-refractivity contribution in [3.05, 3.63) is 76.0 Å². The topological polar surface area (TPSA) is 88.6 Å². The monoisotopic (exact) mass is 635 g/mol. The second-order valence-electron chi connectivity index (χ2n) is 8.41. The van der Waals surface area contributed by atoms with E-state index >= 15 is 0 Å². The first-order valence-electron chi connectivity index (χ1n) is 11.6. The molecule has 38 heavy (non-hydrogen) atoms. The fourth-order valence-electron chi connectivity index (χ4n) is 3.89. The van der Waals surface area contributed by atoms with Gasteiger partial charge in [-0.1, -0.05) is 6.07 Å². The van der Waals surface area contributed by atoms with E-state index in [9.17, 15) is 18.0 Å². The van der Waals surface area contributed by atoms with E-state index in [1.165, 1.54) is 12.1 Å². The number of hydrogen-bond acceptors (Lipinski definition) is 6. The highest BCUT2D eigenvalue weighted by Crippen LogP contribution is 2.31. The lowest BCUT2D eigenvalue weighted by molar-refractivity contribution is -0.137. The van der Waals surface area contributed by atoms with Crippen molar-refractivity contribution in [2.75, 3.05) is 41.8 Å². The molecule has 0 atom stereocenters. The minimum Gasteiger partial charge on any atom is -0.457 e.